The molecule has 0 saturated carbocycles. The monoisotopic (exact) mass is 866 g/mol. The highest BCUT2D eigenvalue weighted by molar-refractivity contribution is 6.22. The summed E-state index contributed by atoms with van der Waals surface area (Å²) in [6, 6.07) is 91.9. The Morgan fingerprint density at radius 1 is 0.221 bits per heavy atom. The second-order valence-corrected chi connectivity index (χ2v) is 19.3. The van der Waals surface area contributed by atoms with E-state index < -0.39 is 0 Å². The highest BCUT2D eigenvalue weighted by Crippen LogP contribution is 2.58. The largest absolute Gasteiger partial charge is 0.0622 e. The normalized spacial score (nSPS) is 11.8. The summed E-state index contributed by atoms with van der Waals surface area (Å²) in [7, 11) is 0. The van der Waals surface area contributed by atoms with Crippen molar-refractivity contribution in [3.63, 3.8) is 0 Å². The van der Waals surface area contributed by atoms with Gasteiger partial charge in [0.2, 0.25) is 0 Å². The zero-order valence-corrected chi connectivity index (χ0v) is 38.7. The fourth-order valence-corrected chi connectivity index (χ4v) is 10.6. The zero-order chi connectivity index (χ0) is 45.8. The van der Waals surface area contributed by atoms with Crippen LogP contribution >= 0.6 is 0 Å². The minimum atomic E-state index is -0.150. The predicted molar refractivity (Wildman–Crippen MR) is 291 cm³/mol. The van der Waals surface area contributed by atoms with E-state index in [4.69, 9.17) is 0 Å². The van der Waals surface area contributed by atoms with Crippen molar-refractivity contribution < 1.29 is 0 Å². The summed E-state index contributed by atoms with van der Waals surface area (Å²) in [6.45, 7) is 7.13. The topological polar surface area (TPSA) is 0 Å². The predicted octanol–water partition coefficient (Wildman–Crippen LogP) is 19.1. The second kappa shape index (κ2) is 16.8. The first kappa shape index (κ1) is 41.1. The molecule has 0 radical (unpaired) electrons. The molecule has 0 nitrogen and oxygen atoms in total. The molecular weight excluding hydrogens is 817 g/mol. The van der Waals surface area contributed by atoms with Gasteiger partial charge in [0.15, 0.2) is 0 Å². The highest BCUT2D eigenvalue weighted by Gasteiger charge is 2.34. The van der Waals surface area contributed by atoms with Gasteiger partial charge in [-0.15, -0.1) is 0 Å². The van der Waals surface area contributed by atoms with E-state index in [0.717, 1.165) is 0 Å². The minimum Gasteiger partial charge on any atom is -0.0622 e. The Hall–Kier alpha value is -8.32. The molecule has 0 saturated heterocycles. The molecule has 1 aliphatic carbocycles. The van der Waals surface area contributed by atoms with Crippen LogP contribution in [0.5, 0.6) is 0 Å². The molecule has 68 heavy (non-hydrogen) atoms. The van der Waals surface area contributed by atoms with Crippen molar-refractivity contribution in [1.82, 2.24) is 0 Å². The van der Waals surface area contributed by atoms with Crippen LogP contribution in [0.15, 0.2) is 249 Å². The molecule has 0 atom stereocenters. The Labute approximate surface area is 400 Å². The first-order valence-electron chi connectivity index (χ1n) is 23.8. The smallest absolute Gasteiger partial charge is 0.00107 e. The van der Waals surface area contributed by atoms with E-state index >= 15 is 0 Å². The molecule has 0 heteroatoms. The molecular formula is C68H50. The maximum atomic E-state index is 2.51. The second-order valence-electron chi connectivity index (χ2n) is 19.3. The van der Waals surface area contributed by atoms with Crippen LogP contribution in [-0.4, -0.2) is 0 Å². The summed E-state index contributed by atoms with van der Waals surface area (Å²) in [5.41, 5.74) is 26.0. The Morgan fingerprint density at radius 2 is 0.544 bits per heavy atom. The number of rotatable bonds is 8. The van der Waals surface area contributed by atoms with Crippen LogP contribution in [-0.2, 0) is 5.41 Å². The fourth-order valence-electron chi connectivity index (χ4n) is 10.6. The molecule has 322 valence electrons. The summed E-state index contributed by atoms with van der Waals surface area (Å²) in [5, 5.41) is 2.56. The molecule has 11 aromatic rings. The molecule has 0 aliphatic heterocycles. The van der Waals surface area contributed by atoms with Gasteiger partial charge in [0, 0.05) is 0 Å². The van der Waals surface area contributed by atoms with E-state index in [-0.39, 0.29) is 5.41 Å². The molecule has 0 unspecified atom stereocenters. The van der Waals surface area contributed by atoms with Gasteiger partial charge < -0.3 is 0 Å². The summed E-state index contributed by atoms with van der Waals surface area (Å²) >= 11 is 0. The van der Waals surface area contributed by atoms with E-state index in [0.29, 0.717) is 0 Å². The Kier molecular flexibility index (Phi) is 10.2. The Balaban J connectivity index is 1.10. The van der Waals surface area contributed by atoms with Crippen LogP contribution in [0.4, 0.5) is 0 Å². The molecule has 0 amide bonds. The van der Waals surface area contributed by atoms with Crippen LogP contribution < -0.4 is 0 Å². The van der Waals surface area contributed by atoms with Gasteiger partial charge in [0.1, 0.15) is 0 Å². The number of hydrogen-bond donors (Lipinski definition) is 0. The number of hydrogen-bond acceptors (Lipinski definition) is 0. The summed E-state index contributed by atoms with van der Waals surface area (Å²) in [6.07, 6.45) is 0. The highest BCUT2D eigenvalue weighted by atomic mass is 14.4. The zero-order valence-electron chi connectivity index (χ0n) is 38.7. The lowest BCUT2D eigenvalue weighted by Crippen LogP contribution is -2.13. The van der Waals surface area contributed by atoms with Crippen LogP contribution in [0.25, 0.3) is 122 Å². The van der Waals surface area contributed by atoms with Crippen molar-refractivity contribution in [3.8, 4) is 111 Å². The standard InChI is InChI=1S/C68H50/c1-68(2,3)63-44-60(47-24-12-6-13-25-47)65(48-26-14-7-15-27-48)67-62-43-58(56-35-19-33-54(39-56)52-31-17-29-50(37-52)46-22-10-5-11-23-46)41-59-40-57(42-61(64(59)62)66(63)67)55-34-18-32-53(38-55)51-30-16-28-49(36-51)45-20-8-4-9-21-45/h4-44H,1-3H3. The maximum Gasteiger partial charge on any atom is -0.00107 e. The first-order valence-corrected chi connectivity index (χ1v) is 23.8. The molecule has 12 rings (SSSR count). The molecule has 0 aromatic heterocycles. The molecule has 0 heterocycles. The average molecular weight is 867 g/mol. The van der Waals surface area contributed by atoms with E-state index in [1.165, 1.54) is 128 Å². The lowest BCUT2D eigenvalue weighted by Gasteiger charge is -2.27. The summed E-state index contributed by atoms with van der Waals surface area (Å²) < 4.78 is 0. The minimum absolute atomic E-state index is 0.150. The third kappa shape index (κ3) is 7.45. The van der Waals surface area contributed by atoms with Gasteiger partial charge in [-0.2, -0.15) is 0 Å². The SMILES string of the molecule is CC(C)(C)c1cc(-c2ccccc2)c(-c2ccccc2)c2c1-c1cc(-c3cccc(-c4cccc(-c5ccccc5)c4)c3)cc3cc(-c4cccc(-c5cccc(-c6ccccc6)c5)c4)cc-2c13. The maximum absolute atomic E-state index is 2.51. The molecule has 0 bridgehead atoms. The quantitative estimate of drug-likeness (QED) is 0.143. The fraction of sp³-hybridized carbons (Fsp3) is 0.0588. The van der Waals surface area contributed by atoms with Crippen molar-refractivity contribution in [2.75, 3.05) is 0 Å². The van der Waals surface area contributed by atoms with Crippen molar-refractivity contribution in [3.05, 3.63) is 254 Å². The molecule has 0 spiro atoms. The van der Waals surface area contributed by atoms with E-state index in [1.54, 1.807) is 0 Å². The third-order valence-corrected chi connectivity index (χ3v) is 13.9. The van der Waals surface area contributed by atoms with Crippen molar-refractivity contribution in [1.29, 1.82) is 0 Å². The lowest BCUT2D eigenvalue weighted by atomic mass is 9.76. The van der Waals surface area contributed by atoms with Gasteiger partial charge >= 0.3 is 0 Å². The number of fused-ring (bicyclic) bond motifs is 3. The van der Waals surface area contributed by atoms with Crippen LogP contribution in [0, 0.1) is 0 Å². The number of benzene rings is 11. The van der Waals surface area contributed by atoms with Gasteiger partial charge in [0.25, 0.3) is 0 Å². The van der Waals surface area contributed by atoms with E-state index in [9.17, 15) is 0 Å². The van der Waals surface area contributed by atoms with E-state index in [2.05, 4.69) is 269 Å². The third-order valence-electron chi connectivity index (χ3n) is 13.9. The average Bonchev–Trinajstić information content (AvgIpc) is 3.73. The van der Waals surface area contributed by atoms with Crippen LogP contribution in [0.3, 0.4) is 0 Å². The molecule has 11 aromatic carbocycles. The van der Waals surface area contributed by atoms with Gasteiger partial charge in [0.05, 0.1) is 0 Å². The Morgan fingerprint density at radius 3 is 0.941 bits per heavy atom. The van der Waals surface area contributed by atoms with E-state index in [1.807, 2.05) is 0 Å². The van der Waals surface area contributed by atoms with Gasteiger partial charge in [-0.3, -0.25) is 0 Å². The van der Waals surface area contributed by atoms with Crippen molar-refractivity contribution in [2.24, 2.45) is 0 Å². The van der Waals surface area contributed by atoms with Crippen molar-refractivity contribution >= 4 is 10.8 Å². The molecule has 0 fully saturated rings. The van der Waals surface area contributed by atoms with Gasteiger partial charge in [-0.1, -0.05) is 215 Å². The van der Waals surface area contributed by atoms with Crippen molar-refractivity contribution in [2.45, 2.75) is 26.2 Å². The Bertz CT molecular complexity index is 3660. The van der Waals surface area contributed by atoms with Gasteiger partial charge in [-0.05, 0) is 188 Å². The van der Waals surface area contributed by atoms with Gasteiger partial charge in [-0.25, -0.2) is 0 Å². The molecule has 0 N–H and O–H groups in total. The summed E-state index contributed by atoms with van der Waals surface area (Å²) in [4.78, 5) is 0. The first-order chi connectivity index (χ1) is 33.3. The lowest BCUT2D eigenvalue weighted by molar-refractivity contribution is 0.592. The summed E-state index contributed by atoms with van der Waals surface area (Å²) in [5.74, 6) is 0. The molecule has 1 aliphatic rings. The van der Waals surface area contributed by atoms with Crippen LogP contribution in [0.1, 0.15) is 26.3 Å². The van der Waals surface area contributed by atoms with Crippen LogP contribution in [0.2, 0.25) is 0 Å².